The molecule has 4 N–H and O–H groups in total. The number of aromatic amines is 1. The fraction of sp³-hybridized carbons (Fsp3) is 0.312. The van der Waals surface area contributed by atoms with Gasteiger partial charge in [-0.3, -0.25) is 0 Å². The Bertz CT molecular complexity index is 723. The SMILES string of the molecule is CC1=C(O)C=CC(C)(N)C1c1cc(C)c(-c2nccs2)[nH]1. The van der Waals surface area contributed by atoms with Crippen LogP contribution in [0.5, 0.6) is 0 Å². The summed E-state index contributed by atoms with van der Waals surface area (Å²) < 4.78 is 0. The number of H-pyrrole nitrogens is 1. The smallest absolute Gasteiger partial charge is 0.139 e. The molecule has 2 atom stereocenters. The number of hydrogen-bond acceptors (Lipinski definition) is 4. The minimum absolute atomic E-state index is 0.0742. The third-order valence-electron chi connectivity index (χ3n) is 4.05. The van der Waals surface area contributed by atoms with Crippen molar-refractivity contribution in [2.75, 3.05) is 0 Å². The van der Waals surface area contributed by atoms with Gasteiger partial charge in [-0.1, -0.05) is 6.08 Å². The van der Waals surface area contributed by atoms with Gasteiger partial charge >= 0.3 is 0 Å². The van der Waals surface area contributed by atoms with Gasteiger partial charge in [-0.25, -0.2) is 4.98 Å². The standard InChI is InChI=1S/C16H19N3OS/c1-9-8-11(19-14(9)15-18-6-7-21-15)13-10(2)12(20)4-5-16(13,3)17/h4-8,13,19-20H,17H2,1-3H3. The van der Waals surface area contributed by atoms with Gasteiger partial charge in [0.25, 0.3) is 0 Å². The van der Waals surface area contributed by atoms with Gasteiger partial charge < -0.3 is 15.8 Å². The van der Waals surface area contributed by atoms with Gasteiger partial charge in [0.2, 0.25) is 0 Å². The van der Waals surface area contributed by atoms with E-state index >= 15 is 0 Å². The predicted octanol–water partition coefficient (Wildman–Crippen LogP) is 3.65. The van der Waals surface area contributed by atoms with Crippen LogP contribution in [0, 0.1) is 6.92 Å². The number of aliphatic hydroxyl groups is 1. The van der Waals surface area contributed by atoms with Crippen molar-refractivity contribution >= 4 is 11.3 Å². The van der Waals surface area contributed by atoms with E-state index in [1.807, 2.05) is 25.3 Å². The lowest BCUT2D eigenvalue weighted by Gasteiger charge is -2.34. The van der Waals surface area contributed by atoms with E-state index in [-0.39, 0.29) is 5.92 Å². The van der Waals surface area contributed by atoms with Gasteiger partial charge in [0.15, 0.2) is 0 Å². The zero-order chi connectivity index (χ0) is 15.2. The lowest BCUT2D eigenvalue weighted by molar-refractivity contribution is 0.390. The van der Waals surface area contributed by atoms with E-state index in [9.17, 15) is 5.11 Å². The van der Waals surface area contributed by atoms with E-state index in [1.54, 1.807) is 23.6 Å². The summed E-state index contributed by atoms with van der Waals surface area (Å²) in [4.78, 5) is 7.81. The maximum absolute atomic E-state index is 10.0. The Morgan fingerprint density at radius 3 is 2.86 bits per heavy atom. The number of nitrogens with zero attached hydrogens (tertiary/aromatic N) is 1. The van der Waals surface area contributed by atoms with Crippen molar-refractivity contribution in [2.24, 2.45) is 5.73 Å². The fourth-order valence-corrected chi connectivity index (χ4v) is 3.68. The number of nitrogens with two attached hydrogens (primary N) is 1. The molecule has 0 spiro atoms. The van der Waals surface area contributed by atoms with Crippen molar-refractivity contribution in [3.63, 3.8) is 0 Å². The molecule has 21 heavy (non-hydrogen) atoms. The summed E-state index contributed by atoms with van der Waals surface area (Å²) in [5.41, 5.74) is 9.94. The van der Waals surface area contributed by atoms with Crippen LogP contribution < -0.4 is 5.73 Å². The number of aromatic nitrogens is 2. The Kier molecular flexibility index (Phi) is 3.26. The first kappa shape index (κ1) is 14.1. The molecule has 0 aliphatic heterocycles. The second kappa shape index (κ2) is 4.86. The maximum Gasteiger partial charge on any atom is 0.139 e. The second-order valence-corrected chi connectivity index (χ2v) is 6.72. The summed E-state index contributed by atoms with van der Waals surface area (Å²) in [6.45, 7) is 5.96. The molecule has 4 nitrogen and oxygen atoms in total. The molecule has 0 saturated carbocycles. The van der Waals surface area contributed by atoms with Crippen LogP contribution in [-0.2, 0) is 0 Å². The van der Waals surface area contributed by atoms with Gasteiger partial charge in [0, 0.05) is 28.7 Å². The van der Waals surface area contributed by atoms with Crippen molar-refractivity contribution in [3.05, 3.63) is 52.4 Å². The third-order valence-corrected chi connectivity index (χ3v) is 4.84. The highest BCUT2D eigenvalue weighted by molar-refractivity contribution is 7.13. The zero-order valence-electron chi connectivity index (χ0n) is 12.3. The van der Waals surface area contributed by atoms with Crippen LogP contribution >= 0.6 is 11.3 Å². The van der Waals surface area contributed by atoms with Crippen molar-refractivity contribution in [1.29, 1.82) is 0 Å². The quantitative estimate of drug-likeness (QED) is 0.792. The van der Waals surface area contributed by atoms with Crippen molar-refractivity contribution < 1.29 is 5.11 Å². The van der Waals surface area contributed by atoms with E-state index in [4.69, 9.17) is 5.73 Å². The first-order valence-corrected chi connectivity index (χ1v) is 7.75. The summed E-state index contributed by atoms with van der Waals surface area (Å²) in [6.07, 6.45) is 5.34. The van der Waals surface area contributed by atoms with Gasteiger partial charge in [-0.15, -0.1) is 11.3 Å². The molecule has 2 aromatic heterocycles. The van der Waals surface area contributed by atoms with Gasteiger partial charge in [0.1, 0.15) is 10.8 Å². The lowest BCUT2D eigenvalue weighted by atomic mass is 9.75. The van der Waals surface area contributed by atoms with Crippen LogP contribution in [0.25, 0.3) is 10.7 Å². The van der Waals surface area contributed by atoms with Crippen LogP contribution in [0.4, 0.5) is 0 Å². The molecule has 110 valence electrons. The van der Waals surface area contributed by atoms with Crippen LogP contribution in [0.2, 0.25) is 0 Å². The Hall–Kier alpha value is -1.85. The summed E-state index contributed by atoms with van der Waals surface area (Å²) in [7, 11) is 0. The molecule has 0 aromatic carbocycles. The molecule has 2 aromatic rings. The van der Waals surface area contributed by atoms with E-state index in [2.05, 4.69) is 23.0 Å². The second-order valence-electron chi connectivity index (χ2n) is 5.82. The van der Waals surface area contributed by atoms with Crippen LogP contribution in [0.1, 0.15) is 31.0 Å². The number of hydrogen-bond donors (Lipinski definition) is 3. The monoisotopic (exact) mass is 301 g/mol. The van der Waals surface area contributed by atoms with Gasteiger partial charge in [-0.2, -0.15) is 0 Å². The summed E-state index contributed by atoms with van der Waals surface area (Å²) >= 11 is 1.60. The number of thiazole rings is 1. The first-order valence-electron chi connectivity index (χ1n) is 6.87. The Morgan fingerprint density at radius 2 is 2.19 bits per heavy atom. The van der Waals surface area contributed by atoms with Crippen molar-refractivity contribution in [2.45, 2.75) is 32.2 Å². The lowest BCUT2D eigenvalue weighted by Crippen LogP contribution is -2.43. The summed E-state index contributed by atoms with van der Waals surface area (Å²) in [5, 5.41) is 12.9. The molecular formula is C16H19N3OS. The Labute approximate surface area is 128 Å². The highest BCUT2D eigenvalue weighted by atomic mass is 32.1. The molecule has 3 rings (SSSR count). The average molecular weight is 301 g/mol. The van der Waals surface area contributed by atoms with E-state index in [1.165, 1.54) is 0 Å². The molecule has 5 heteroatoms. The molecule has 1 aliphatic rings. The molecule has 0 bridgehead atoms. The van der Waals surface area contributed by atoms with Crippen LogP contribution in [0.15, 0.2) is 41.1 Å². The summed E-state index contributed by atoms with van der Waals surface area (Å²) in [6, 6.07) is 2.10. The predicted molar refractivity (Wildman–Crippen MR) is 86.4 cm³/mol. The largest absolute Gasteiger partial charge is 0.508 e. The molecule has 2 heterocycles. The third kappa shape index (κ3) is 2.32. The maximum atomic E-state index is 10.0. The topological polar surface area (TPSA) is 74.9 Å². The minimum atomic E-state index is -0.534. The normalized spacial score (nSPS) is 25.6. The number of rotatable bonds is 2. The number of aryl methyl sites for hydroxylation is 1. The van der Waals surface area contributed by atoms with E-state index in [0.717, 1.165) is 27.5 Å². The van der Waals surface area contributed by atoms with Crippen molar-refractivity contribution in [3.8, 4) is 10.7 Å². The Morgan fingerprint density at radius 1 is 1.43 bits per heavy atom. The highest BCUT2D eigenvalue weighted by Crippen LogP contribution is 2.40. The number of aliphatic hydroxyl groups excluding tert-OH is 1. The number of allylic oxidation sites excluding steroid dienone is 1. The van der Waals surface area contributed by atoms with E-state index < -0.39 is 5.54 Å². The molecule has 2 unspecified atom stereocenters. The molecule has 0 fully saturated rings. The van der Waals surface area contributed by atoms with Gasteiger partial charge in [-0.05, 0) is 44.1 Å². The average Bonchev–Trinajstić information content (AvgIpc) is 3.04. The number of nitrogens with one attached hydrogen (secondary N) is 1. The first-order chi connectivity index (χ1) is 9.90. The highest BCUT2D eigenvalue weighted by Gasteiger charge is 2.36. The Balaban J connectivity index is 2.09. The van der Waals surface area contributed by atoms with Crippen molar-refractivity contribution in [1.82, 2.24) is 9.97 Å². The van der Waals surface area contributed by atoms with E-state index in [0.29, 0.717) is 5.76 Å². The summed E-state index contributed by atoms with van der Waals surface area (Å²) in [5.74, 6) is 0.223. The zero-order valence-corrected chi connectivity index (χ0v) is 13.2. The molecule has 0 amide bonds. The molecule has 1 aliphatic carbocycles. The van der Waals surface area contributed by atoms with Crippen LogP contribution in [0.3, 0.4) is 0 Å². The fourth-order valence-electron chi connectivity index (χ4n) is 2.98. The minimum Gasteiger partial charge on any atom is -0.508 e. The molecule has 0 saturated heterocycles. The van der Waals surface area contributed by atoms with Crippen LogP contribution in [-0.4, -0.2) is 20.6 Å². The molecule has 0 radical (unpaired) electrons. The molecular weight excluding hydrogens is 282 g/mol. The van der Waals surface area contributed by atoms with Gasteiger partial charge in [0.05, 0.1) is 5.69 Å².